The maximum Gasteiger partial charge on any atom is 0.161 e. The number of fused-ring (bicyclic) bond motifs is 1. The smallest absolute Gasteiger partial charge is 0.161 e. The Balaban J connectivity index is 1.57. The summed E-state index contributed by atoms with van der Waals surface area (Å²) in [6, 6.07) is 20.3. The monoisotopic (exact) mass is 431 g/mol. The van der Waals surface area contributed by atoms with Gasteiger partial charge in [0.15, 0.2) is 11.5 Å². The maximum absolute atomic E-state index is 6.10. The van der Waals surface area contributed by atoms with E-state index in [0.717, 1.165) is 47.1 Å². The van der Waals surface area contributed by atoms with E-state index in [1.54, 1.807) is 21.3 Å². The molecule has 3 aromatic rings. The average molecular weight is 432 g/mol. The van der Waals surface area contributed by atoms with Crippen LogP contribution >= 0.6 is 0 Å². The van der Waals surface area contributed by atoms with Crippen molar-refractivity contribution in [1.29, 1.82) is 0 Å². The van der Waals surface area contributed by atoms with Crippen LogP contribution < -0.4 is 24.3 Å². The van der Waals surface area contributed by atoms with E-state index in [1.807, 2.05) is 36.4 Å². The Morgan fingerprint density at radius 1 is 0.875 bits per heavy atom. The first-order valence-corrected chi connectivity index (χ1v) is 10.7. The molecule has 3 aromatic carbocycles. The molecular formula is C27H29NO4. The van der Waals surface area contributed by atoms with Crippen molar-refractivity contribution in [3.05, 3.63) is 89.0 Å². The van der Waals surface area contributed by atoms with Crippen molar-refractivity contribution in [2.45, 2.75) is 19.1 Å². The predicted molar refractivity (Wildman–Crippen MR) is 127 cm³/mol. The second-order valence-corrected chi connectivity index (χ2v) is 7.66. The summed E-state index contributed by atoms with van der Waals surface area (Å²) >= 11 is 0. The minimum Gasteiger partial charge on any atom is -0.497 e. The molecule has 5 heteroatoms. The summed E-state index contributed by atoms with van der Waals surface area (Å²) in [6.07, 6.45) is 5.19. The molecule has 0 amide bonds. The van der Waals surface area contributed by atoms with E-state index in [9.17, 15) is 0 Å². The number of rotatable bonds is 8. The number of benzene rings is 3. The van der Waals surface area contributed by atoms with Gasteiger partial charge >= 0.3 is 0 Å². The van der Waals surface area contributed by atoms with Gasteiger partial charge in [-0.15, -0.1) is 0 Å². The molecule has 1 atom stereocenters. The highest BCUT2D eigenvalue weighted by Gasteiger charge is 2.21. The van der Waals surface area contributed by atoms with Crippen LogP contribution in [0.2, 0.25) is 0 Å². The molecule has 0 bridgehead atoms. The molecule has 0 fully saturated rings. The first kappa shape index (κ1) is 21.8. The van der Waals surface area contributed by atoms with Gasteiger partial charge in [-0.05, 0) is 52.9 Å². The van der Waals surface area contributed by atoms with Gasteiger partial charge in [-0.1, -0.05) is 42.5 Å². The van der Waals surface area contributed by atoms with Crippen LogP contribution in [-0.2, 0) is 13.0 Å². The van der Waals surface area contributed by atoms with Crippen molar-refractivity contribution >= 4 is 6.08 Å². The molecule has 1 heterocycles. The SMILES string of the molecule is COc1cc(/C=C/C2NCCc3cc(OCc4ccccc4)c(OC)cc32)cc(OC)c1. The van der Waals surface area contributed by atoms with Crippen molar-refractivity contribution in [3.8, 4) is 23.0 Å². The molecule has 0 radical (unpaired) electrons. The van der Waals surface area contributed by atoms with Gasteiger partial charge in [-0.25, -0.2) is 0 Å². The summed E-state index contributed by atoms with van der Waals surface area (Å²) in [5.41, 5.74) is 4.62. The average Bonchev–Trinajstić information content (AvgIpc) is 2.85. The van der Waals surface area contributed by atoms with Crippen molar-refractivity contribution in [2.24, 2.45) is 0 Å². The van der Waals surface area contributed by atoms with Crippen molar-refractivity contribution in [2.75, 3.05) is 27.9 Å². The van der Waals surface area contributed by atoms with Crippen LogP contribution in [0.15, 0.2) is 66.7 Å². The maximum atomic E-state index is 6.10. The number of nitrogens with one attached hydrogen (secondary N) is 1. The second-order valence-electron chi connectivity index (χ2n) is 7.66. The van der Waals surface area contributed by atoms with Gasteiger partial charge in [0.25, 0.3) is 0 Å². The normalized spacial score (nSPS) is 15.3. The molecule has 32 heavy (non-hydrogen) atoms. The van der Waals surface area contributed by atoms with Crippen LogP contribution in [0.1, 0.15) is 28.3 Å². The molecule has 4 rings (SSSR count). The van der Waals surface area contributed by atoms with Gasteiger partial charge in [0, 0.05) is 12.6 Å². The molecule has 166 valence electrons. The van der Waals surface area contributed by atoms with Crippen LogP contribution in [0.5, 0.6) is 23.0 Å². The zero-order valence-electron chi connectivity index (χ0n) is 18.8. The second kappa shape index (κ2) is 10.2. The van der Waals surface area contributed by atoms with Crippen molar-refractivity contribution < 1.29 is 18.9 Å². The molecule has 1 N–H and O–H groups in total. The Hall–Kier alpha value is -3.44. The summed E-state index contributed by atoms with van der Waals surface area (Å²) in [5.74, 6) is 3.05. The summed E-state index contributed by atoms with van der Waals surface area (Å²) in [4.78, 5) is 0. The molecule has 1 aliphatic heterocycles. The van der Waals surface area contributed by atoms with E-state index in [-0.39, 0.29) is 6.04 Å². The first-order chi connectivity index (χ1) is 15.7. The van der Waals surface area contributed by atoms with Gasteiger partial charge in [-0.2, -0.15) is 0 Å². The van der Waals surface area contributed by atoms with Crippen LogP contribution in [0.4, 0.5) is 0 Å². The molecule has 1 aliphatic rings. The lowest BCUT2D eigenvalue weighted by Crippen LogP contribution is -2.28. The van der Waals surface area contributed by atoms with Gasteiger partial charge in [0.2, 0.25) is 0 Å². The lowest BCUT2D eigenvalue weighted by Gasteiger charge is -2.26. The summed E-state index contributed by atoms with van der Waals surface area (Å²) in [6.45, 7) is 1.41. The first-order valence-electron chi connectivity index (χ1n) is 10.7. The lowest BCUT2D eigenvalue weighted by atomic mass is 9.93. The largest absolute Gasteiger partial charge is 0.497 e. The quantitative estimate of drug-likeness (QED) is 0.532. The third-order valence-corrected chi connectivity index (χ3v) is 5.61. The van der Waals surface area contributed by atoms with Gasteiger partial charge in [0.1, 0.15) is 18.1 Å². The molecule has 0 aliphatic carbocycles. The lowest BCUT2D eigenvalue weighted by molar-refractivity contribution is 0.283. The standard InChI is InChI=1S/C27H29NO4/c1-29-22-13-20(14-23(16-22)30-2)9-10-25-24-17-26(31-3)27(15-21(24)11-12-28-25)32-18-19-7-5-4-6-8-19/h4-10,13-17,25,28H,11-12,18H2,1-3H3/b10-9+. The van der Waals surface area contributed by atoms with E-state index in [2.05, 4.69) is 41.7 Å². The van der Waals surface area contributed by atoms with Crippen LogP contribution in [-0.4, -0.2) is 27.9 Å². The van der Waals surface area contributed by atoms with E-state index in [1.165, 1.54) is 11.1 Å². The third kappa shape index (κ3) is 5.06. The van der Waals surface area contributed by atoms with E-state index >= 15 is 0 Å². The third-order valence-electron chi connectivity index (χ3n) is 5.61. The Bertz CT molecular complexity index is 1060. The highest BCUT2D eigenvalue weighted by Crippen LogP contribution is 2.36. The van der Waals surface area contributed by atoms with Crippen LogP contribution in [0, 0.1) is 0 Å². The topological polar surface area (TPSA) is 49.0 Å². The fraction of sp³-hybridized carbons (Fsp3) is 0.259. The van der Waals surface area contributed by atoms with Gasteiger partial charge in [0.05, 0.1) is 27.4 Å². The molecule has 0 aromatic heterocycles. The predicted octanol–water partition coefficient (Wildman–Crippen LogP) is 5.19. The number of hydrogen-bond donors (Lipinski definition) is 1. The Kier molecular flexibility index (Phi) is 6.97. The molecule has 1 unspecified atom stereocenters. The number of hydrogen-bond acceptors (Lipinski definition) is 5. The fourth-order valence-electron chi connectivity index (χ4n) is 3.91. The molecule has 0 spiro atoms. The Labute approximate surface area is 189 Å². The van der Waals surface area contributed by atoms with Crippen LogP contribution in [0.3, 0.4) is 0 Å². The fourth-order valence-corrected chi connectivity index (χ4v) is 3.91. The minimum absolute atomic E-state index is 0.0769. The Morgan fingerprint density at radius 3 is 2.31 bits per heavy atom. The van der Waals surface area contributed by atoms with Gasteiger partial charge in [-0.3, -0.25) is 0 Å². The zero-order valence-corrected chi connectivity index (χ0v) is 18.8. The number of ether oxygens (including phenoxy) is 4. The summed E-state index contributed by atoms with van der Waals surface area (Å²) in [7, 11) is 5.00. The van der Waals surface area contributed by atoms with Crippen LogP contribution in [0.25, 0.3) is 6.08 Å². The molecule has 5 nitrogen and oxygen atoms in total. The summed E-state index contributed by atoms with van der Waals surface area (Å²) in [5, 5.41) is 3.59. The van der Waals surface area contributed by atoms with Gasteiger partial charge < -0.3 is 24.3 Å². The molecular weight excluding hydrogens is 402 g/mol. The highest BCUT2D eigenvalue weighted by atomic mass is 16.5. The molecule has 0 saturated carbocycles. The summed E-state index contributed by atoms with van der Waals surface area (Å²) < 4.78 is 22.5. The minimum atomic E-state index is 0.0769. The highest BCUT2D eigenvalue weighted by molar-refractivity contribution is 5.58. The van der Waals surface area contributed by atoms with Crippen molar-refractivity contribution in [3.63, 3.8) is 0 Å². The molecule has 0 saturated heterocycles. The zero-order chi connectivity index (χ0) is 22.3. The van der Waals surface area contributed by atoms with E-state index in [0.29, 0.717) is 6.61 Å². The Morgan fingerprint density at radius 2 is 1.62 bits per heavy atom. The van der Waals surface area contributed by atoms with Crippen molar-refractivity contribution in [1.82, 2.24) is 5.32 Å². The van der Waals surface area contributed by atoms with E-state index < -0.39 is 0 Å². The number of methoxy groups -OCH3 is 3. The van der Waals surface area contributed by atoms with E-state index in [4.69, 9.17) is 18.9 Å².